The van der Waals surface area contributed by atoms with E-state index in [1.807, 2.05) is 11.4 Å². The molecule has 0 unspecified atom stereocenters. The van der Waals surface area contributed by atoms with Gasteiger partial charge in [-0.05, 0) is 89.1 Å². The number of rotatable bonds is 9. The van der Waals surface area contributed by atoms with Gasteiger partial charge in [-0.15, -0.1) is 0 Å². The fourth-order valence-electron chi connectivity index (χ4n) is 9.50. The zero-order chi connectivity index (χ0) is 38.2. The molecule has 1 saturated carbocycles. The van der Waals surface area contributed by atoms with Gasteiger partial charge >= 0.3 is 0 Å². The van der Waals surface area contributed by atoms with Crippen LogP contribution in [0.15, 0.2) is 155 Å². The molecule has 0 atom stereocenters. The molecule has 2 heterocycles. The largest absolute Gasteiger partial charge is 0.344 e. The summed E-state index contributed by atoms with van der Waals surface area (Å²) in [6.45, 7) is 16.4. The Labute approximate surface area is 333 Å². The quantitative estimate of drug-likeness (QED) is 0.0843. The van der Waals surface area contributed by atoms with Gasteiger partial charge in [0, 0.05) is 70.0 Å². The van der Waals surface area contributed by atoms with E-state index in [0.29, 0.717) is 0 Å². The van der Waals surface area contributed by atoms with Gasteiger partial charge in [-0.1, -0.05) is 145 Å². The smallest absolute Gasteiger partial charge is 0.237 e. The third-order valence-electron chi connectivity index (χ3n) is 12.3. The number of allylic oxidation sites excluding steroid dienone is 8. The highest BCUT2D eigenvalue weighted by molar-refractivity contribution is 7.79. The summed E-state index contributed by atoms with van der Waals surface area (Å²) >= 11 is 1.95. The van der Waals surface area contributed by atoms with Crippen molar-refractivity contribution in [3.05, 3.63) is 161 Å². The standard InChI is InChI=1S/C52H57N2S/c1-7-9-35-53-44-31-27-37-19-14-16-25-42(37)48(44)51(3,4)46(53)33-29-39-21-18-22-40(50(39)55-41-23-12-11-13-24-41)30-34-47-52(5,6)49-43-26-17-15-20-38(43)28-32-45(49)54(47)36-10-8-2/h11-17,19-20,23-34H,7-10,18,21-22,35-36H2,1-6H3/q+1/b39-29-,40-30+,46-33?,47-34-. The molecule has 0 spiro atoms. The van der Waals surface area contributed by atoms with Gasteiger partial charge in [0.05, 0.1) is 0 Å². The third-order valence-corrected chi connectivity index (χ3v) is 13.5. The van der Waals surface area contributed by atoms with Crippen molar-refractivity contribution in [1.82, 2.24) is 0 Å². The minimum absolute atomic E-state index is 0.110. The lowest BCUT2D eigenvalue weighted by Gasteiger charge is -2.27. The van der Waals surface area contributed by atoms with Crippen LogP contribution in [0.4, 0.5) is 11.4 Å². The van der Waals surface area contributed by atoms with E-state index >= 15 is 0 Å². The molecule has 280 valence electrons. The van der Waals surface area contributed by atoms with E-state index in [9.17, 15) is 0 Å². The van der Waals surface area contributed by atoms with Crippen molar-refractivity contribution in [2.45, 2.75) is 102 Å². The Bertz CT molecular complexity index is 2240. The Kier molecular flexibility index (Phi) is 10.4. The van der Waals surface area contributed by atoms with E-state index in [-0.39, 0.29) is 10.8 Å². The van der Waals surface area contributed by atoms with Gasteiger partial charge in [-0.25, -0.2) is 0 Å². The highest BCUT2D eigenvalue weighted by Crippen LogP contribution is 2.52. The first-order valence-electron chi connectivity index (χ1n) is 20.8. The number of benzene rings is 5. The lowest BCUT2D eigenvalue weighted by atomic mass is 9.80. The average molecular weight is 742 g/mol. The highest BCUT2D eigenvalue weighted by atomic mass is 32.1. The van der Waals surface area contributed by atoms with E-state index in [4.69, 9.17) is 0 Å². The number of hydrogen-bond donors (Lipinski definition) is 0. The predicted octanol–water partition coefficient (Wildman–Crippen LogP) is 13.6. The summed E-state index contributed by atoms with van der Waals surface area (Å²) in [4.78, 5) is 7.98. The Morgan fingerprint density at radius 2 is 1.00 bits per heavy atom. The number of hydrogen-bond acceptors (Lipinski definition) is 2. The fourth-order valence-corrected chi connectivity index (χ4v) is 10.6. The predicted molar refractivity (Wildman–Crippen MR) is 242 cm³/mol. The molecule has 0 amide bonds. The molecule has 55 heavy (non-hydrogen) atoms. The molecule has 0 N–H and O–H groups in total. The normalized spacial score (nSPS) is 21.2. The lowest BCUT2D eigenvalue weighted by Crippen LogP contribution is -2.27. The van der Waals surface area contributed by atoms with Crippen LogP contribution in [0, 0.1) is 0 Å². The van der Waals surface area contributed by atoms with Gasteiger partial charge in [-0.2, -0.15) is 0 Å². The zero-order valence-electron chi connectivity index (χ0n) is 33.8. The molecule has 0 aromatic heterocycles. The summed E-state index contributed by atoms with van der Waals surface area (Å²) in [5.41, 5.74) is 11.2. The first-order chi connectivity index (χ1) is 26.7. The highest BCUT2D eigenvalue weighted by Gasteiger charge is 2.42. The first kappa shape index (κ1) is 37.2. The van der Waals surface area contributed by atoms with Crippen LogP contribution in [-0.4, -0.2) is 18.0 Å². The summed E-state index contributed by atoms with van der Waals surface area (Å²) in [5, 5.41) is 5.41. The van der Waals surface area contributed by atoms with Gasteiger partial charge in [-0.3, -0.25) is 0 Å². The van der Waals surface area contributed by atoms with Crippen LogP contribution < -0.4 is 9.80 Å². The number of anilines is 2. The topological polar surface area (TPSA) is 6.48 Å². The summed E-state index contributed by atoms with van der Waals surface area (Å²) in [5.74, 6) is 0. The SMILES string of the molecule is CCCCN1C(=C/C=C2/CCC/C(=C\C=C3/N(CCCC)c4ccc5ccccc5c4C3(C)C)C2=[S+]c2ccccc2)C(C)(C)c2c1ccc1ccccc21. The van der Waals surface area contributed by atoms with Gasteiger partial charge in [0.2, 0.25) is 21.1 Å². The fraction of sp³-hybridized carbons (Fsp3) is 0.327. The Morgan fingerprint density at radius 3 is 1.47 bits per heavy atom. The molecule has 2 aliphatic heterocycles. The zero-order valence-corrected chi connectivity index (χ0v) is 34.6. The molecular formula is C52H57N2S+. The van der Waals surface area contributed by atoms with Crippen LogP contribution in [-0.2, 0) is 22.2 Å². The second-order valence-electron chi connectivity index (χ2n) is 16.7. The molecule has 3 aliphatic rings. The van der Waals surface area contributed by atoms with Crippen molar-refractivity contribution in [2.24, 2.45) is 0 Å². The van der Waals surface area contributed by atoms with E-state index in [1.165, 1.54) is 102 Å². The van der Waals surface area contributed by atoms with Gasteiger partial charge in [0.15, 0.2) is 0 Å². The molecule has 1 aliphatic carbocycles. The maximum Gasteiger partial charge on any atom is 0.237 e. The maximum absolute atomic E-state index is 2.63. The van der Waals surface area contributed by atoms with Crippen molar-refractivity contribution >= 4 is 49.1 Å². The molecule has 3 heteroatoms. The van der Waals surface area contributed by atoms with Gasteiger partial charge in [0.25, 0.3) is 0 Å². The van der Waals surface area contributed by atoms with Crippen LogP contribution in [0.25, 0.3) is 21.5 Å². The molecule has 5 aromatic rings. The summed E-state index contributed by atoms with van der Waals surface area (Å²) in [6.07, 6.45) is 18.0. The Balaban J connectivity index is 1.24. The Morgan fingerprint density at radius 1 is 0.545 bits per heavy atom. The van der Waals surface area contributed by atoms with Crippen molar-refractivity contribution in [1.29, 1.82) is 0 Å². The number of nitrogens with zero attached hydrogens (tertiary/aromatic N) is 2. The van der Waals surface area contributed by atoms with E-state index < -0.39 is 0 Å². The minimum atomic E-state index is -0.110. The molecule has 2 nitrogen and oxygen atoms in total. The van der Waals surface area contributed by atoms with Crippen molar-refractivity contribution < 1.29 is 0 Å². The molecular weight excluding hydrogens is 685 g/mol. The molecule has 5 aromatic carbocycles. The molecule has 0 saturated heterocycles. The van der Waals surface area contributed by atoms with E-state index in [2.05, 4.69) is 179 Å². The van der Waals surface area contributed by atoms with Crippen LogP contribution in [0.3, 0.4) is 0 Å². The van der Waals surface area contributed by atoms with Gasteiger partial charge < -0.3 is 9.80 Å². The van der Waals surface area contributed by atoms with Gasteiger partial charge in [0.1, 0.15) is 0 Å². The monoisotopic (exact) mass is 741 g/mol. The number of fused-ring (bicyclic) bond motifs is 6. The summed E-state index contributed by atoms with van der Waals surface area (Å²) < 4.78 is 0. The van der Waals surface area contributed by atoms with Crippen LogP contribution in [0.2, 0.25) is 0 Å². The van der Waals surface area contributed by atoms with Crippen LogP contribution in [0.5, 0.6) is 0 Å². The van der Waals surface area contributed by atoms with Crippen molar-refractivity contribution in [3.8, 4) is 0 Å². The van der Waals surface area contributed by atoms with E-state index in [0.717, 1.165) is 32.4 Å². The van der Waals surface area contributed by atoms with Crippen molar-refractivity contribution in [3.63, 3.8) is 0 Å². The average Bonchev–Trinajstić information content (AvgIpc) is 3.56. The first-order valence-corrected chi connectivity index (χ1v) is 21.6. The minimum Gasteiger partial charge on any atom is -0.344 e. The third kappa shape index (κ3) is 6.80. The molecule has 0 bridgehead atoms. The summed E-state index contributed by atoms with van der Waals surface area (Å²) in [7, 11) is 0. The molecule has 1 fully saturated rings. The van der Waals surface area contributed by atoms with Crippen LogP contribution >= 0.6 is 0 Å². The van der Waals surface area contributed by atoms with Crippen LogP contribution in [0.1, 0.15) is 97.6 Å². The number of unbranched alkanes of at least 4 members (excludes halogenated alkanes) is 2. The summed E-state index contributed by atoms with van der Waals surface area (Å²) in [6, 6.07) is 38.2. The molecule has 8 rings (SSSR count). The van der Waals surface area contributed by atoms with Crippen molar-refractivity contribution in [2.75, 3.05) is 22.9 Å². The van der Waals surface area contributed by atoms with E-state index in [1.54, 1.807) is 0 Å². The molecule has 0 radical (unpaired) electrons. The second-order valence-corrected chi connectivity index (χ2v) is 17.8. The second kappa shape index (κ2) is 15.4. The lowest BCUT2D eigenvalue weighted by molar-refractivity contribution is 0.628. The maximum atomic E-state index is 2.63. The Hall–Kier alpha value is -4.73.